The van der Waals surface area contributed by atoms with Gasteiger partial charge in [-0.05, 0) is 37.6 Å². The third-order valence-corrected chi connectivity index (χ3v) is 4.33. The molecule has 0 aliphatic carbocycles. The van der Waals surface area contributed by atoms with Crippen molar-refractivity contribution in [2.24, 2.45) is 5.10 Å². The van der Waals surface area contributed by atoms with Crippen molar-refractivity contribution in [3.8, 4) is 11.6 Å². The summed E-state index contributed by atoms with van der Waals surface area (Å²) in [6.45, 7) is 3.61. The number of nitrogens with zero attached hydrogens (tertiary/aromatic N) is 2. The molecule has 0 saturated heterocycles. The van der Waals surface area contributed by atoms with E-state index in [2.05, 4.69) is 15.5 Å². The predicted molar refractivity (Wildman–Crippen MR) is 110 cm³/mol. The van der Waals surface area contributed by atoms with Gasteiger partial charge in [-0.15, -0.1) is 0 Å². The summed E-state index contributed by atoms with van der Waals surface area (Å²) in [5, 5.41) is 14.7. The van der Waals surface area contributed by atoms with E-state index in [4.69, 9.17) is 0 Å². The smallest absolute Gasteiger partial charge is 0.335 e. The van der Waals surface area contributed by atoms with Gasteiger partial charge >= 0.3 is 5.69 Å². The average molecular weight is 392 g/mol. The van der Waals surface area contributed by atoms with Gasteiger partial charge in [0.1, 0.15) is 5.56 Å². The van der Waals surface area contributed by atoms with Gasteiger partial charge in [0.15, 0.2) is 0 Å². The number of nitrogens with one attached hydrogen (secondary N) is 2. The Labute approximate surface area is 166 Å². The van der Waals surface area contributed by atoms with Crippen molar-refractivity contribution in [3.05, 3.63) is 92.1 Å². The summed E-state index contributed by atoms with van der Waals surface area (Å²) < 4.78 is 0.986. The summed E-state index contributed by atoms with van der Waals surface area (Å²) in [6.07, 6.45) is 0.234. The van der Waals surface area contributed by atoms with E-state index in [1.807, 2.05) is 6.92 Å². The van der Waals surface area contributed by atoms with Crippen LogP contribution >= 0.6 is 0 Å². The Morgan fingerprint density at radius 3 is 2.38 bits per heavy atom. The van der Waals surface area contributed by atoms with E-state index < -0.39 is 23.0 Å². The van der Waals surface area contributed by atoms with Crippen LogP contribution in [-0.2, 0) is 0 Å². The molecule has 0 fully saturated rings. The Hall–Kier alpha value is -3.94. The zero-order chi connectivity index (χ0) is 21.0. The fraction of sp³-hybridized carbons (Fsp3) is 0.143. The lowest BCUT2D eigenvalue weighted by atomic mass is 10.1. The molecule has 0 saturated carbocycles. The standard InChI is InChI=1S/C21H20N4O4/c1-3-16(23-24-18(26)14-7-5-4-6-8-14)17-19(27)22-21(29)25(20(17)28)15-11-9-13(2)10-12-15/h4-12,28H,3H2,1-2H3,(H,24,26)(H,22,27,29). The van der Waals surface area contributed by atoms with E-state index in [1.54, 1.807) is 61.5 Å². The number of hydrogen-bond acceptors (Lipinski definition) is 5. The lowest BCUT2D eigenvalue weighted by Gasteiger charge is -2.12. The lowest BCUT2D eigenvalue weighted by Crippen LogP contribution is -2.34. The number of carbonyl (C=O) groups is 1. The molecule has 0 bridgehead atoms. The maximum absolute atomic E-state index is 12.4. The first-order valence-corrected chi connectivity index (χ1v) is 9.00. The number of aromatic nitrogens is 2. The van der Waals surface area contributed by atoms with Crippen LogP contribution in [0.25, 0.3) is 5.69 Å². The maximum atomic E-state index is 12.4. The molecule has 2 aromatic carbocycles. The number of H-pyrrole nitrogens is 1. The molecular weight excluding hydrogens is 372 g/mol. The zero-order valence-corrected chi connectivity index (χ0v) is 16.0. The van der Waals surface area contributed by atoms with Crippen LogP contribution in [0.1, 0.15) is 34.8 Å². The molecule has 148 valence electrons. The number of carbonyl (C=O) groups excluding carboxylic acids is 1. The first-order chi connectivity index (χ1) is 13.9. The van der Waals surface area contributed by atoms with Gasteiger partial charge in [-0.3, -0.25) is 14.6 Å². The molecule has 1 amide bonds. The highest BCUT2D eigenvalue weighted by molar-refractivity contribution is 6.03. The number of aromatic hydroxyl groups is 1. The Morgan fingerprint density at radius 2 is 1.76 bits per heavy atom. The monoisotopic (exact) mass is 392 g/mol. The van der Waals surface area contributed by atoms with Crippen LogP contribution in [0, 0.1) is 6.92 Å². The quantitative estimate of drug-likeness (QED) is 0.455. The maximum Gasteiger partial charge on any atom is 0.335 e. The molecule has 0 atom stereocenters. The zero-order valence-electron chi connectivity index (χ0n) is 16.0. The Kier molecular flexibility index (Phi) is 5.73. The van der Waals surface area contributed by atoms with E-state index >= 15 is 0 Å². The van der Waals surface area contributed by atoms with Crippen molar-refractivity contribution in [1.82, 2.24) is 15.0 Å². The molecule has 29 heavy (non-hydrogen) atoms. The minimum atomic E-state index is -0.787. The van der Waals surface area contributed by atoms with Gasteiger partial charge in [0, 0.05) is 5.56 Å². The number of hydrazone groups is 1. The number of amides is 1. The molecule has 8 nitrogen and oxygen atoms in total. The van der Waals surface area contributed by atoms with Crippen molar-refractivity contribution >= 4 is 11.6 Å². The molecule has 1 aromatic heterocycles. The Balaban J connectivity index is 2.05. The largest absolute Gasteiger partial charge is 0.493 e. The fourth-order valence-electron chi connectivity index (χ4n) is 2.80. The Bertz CT molecular complexity index is 1180. The van der Waals surface area contributed by atoms with Crippen LogP contribution in [0.3, 0.4) is 0 Å². The summed E-state index contributed by atoms with van der Waals surface area (Å²) in [4.78, 5) is 39.1. The molecule has 3 aromatic rings. The molecular formula is C21H20N4O4. The topological polar surface area (TPSA) is 117 Å². The molecule has 0 unspecified atom stereocenters. The third-order valence-electron chi connectivity index (χ3n) is 4.33. The van der Waals surface area contributed by atoms with Gasteiger partial charge in [0.2, 0.25) is 5.88 Å². The molecule has 0 aliphatic heterocycles. The van der Waals surface area contributed by atoms with E-state index in [0.717, 1.165) is 10.1 Å². The lowest BCUT2D eigenvalue weighted by molar-refractivity contribution is 0.0954. The minimum absolute atomic E-state index is 0.133. The van der Waals surface area contributed by atoms with Crippen molar-refractivity contribution in [2.45, 2.75) is 20.3 Å². The van der Waals surface area contributed by atoms with E-state index in [0.29, 0.717) is 11.3 Å². The molecule has 8 heteroatoms. The average Bonchev–Trinajstić information content (AvgIpc) is 2.72. The second kappa shape index (κ2) is 8.39. The van der Waals surface area contributed by atoms with Crippen LogP contribution < -0.4 is 16.7 Å². The van der Waals surface area contributed by atoms with Gasteiger partial charge in [-0.25, -0.2) is 14.8 Å². The van der Waals surface area contributed by atoms with E-state index in [-0.39, 0.29) is 17.7 Å². The van der Waals surface area contributed by atoms with Crippen LogP contribution in [0.15, 0.2) is 69.3 Å². The summed E-state index contributed by atoms with van der Waals surface area (Å²) in [5.74, 6) is -1.00. The first-order valence-electron chi connectivity index (χ1n) is 9.00. The number of aromatic amines is 1. The summed E-state index contributed by atoms with van der Waals surface area (Å²) in [5.41, 5.74) is 2.54. The normalized spacial score (nSPS) is 11.3. The van der Waals surface area contributed by atoms with Gasteiger partial charge < -0.3 is 5.11 Å². The van der Waals surface area contributed by atoms with Crippen LogP contribution in [0.4, 0.5) is 0 Å². The number of aryl methyl sites for hydroxylation is 1. The number of rotatable bonds is 5. The molecule has 3 N–H and O–H groups in total. The van der Waals surface area contributed by atoms with Gasteiger partial charge in [-0.1, -0.05) is 42.8 Å². The summed E-state index contributed by atoms with van der Waals surface area (Å²) >= 11 is 0. The van der Waals surface area contributed by atoms with Gasteiger partial charge in [0.05, 0.1) is 11.4 Å². The SMILES string of the molecule is CCC(=NNC(=O)c1ccccc1)c1c(O)n(-c2ccc(C)cc2)c(=O)[nH]c1=O. The second-order valence-corrected chi connectivity index (χ2v) is 6.35. The fourth-order valence-corrected chi connectivity index (χ4v) is 2.80. The van der Waals surface area contributed by atoms with Crippen LogP contribution in [0.5, 0.6) is 5.88 Å². The molecule has 3 rings (SSSR count). The highest BCUT2D eigenvalue weighted by atomic mass is 16.3. The Morgan fingerprint density at radius 1 is 1.10 bits per heavy atom. The first kappa shape index (κ1) is 19.8. The van der Waals surface area contributed by atoms with Crippen molar-refractivity contribution < 1.29 is 9.90 Å². The number of benzene rings is 2. The second-order valence-electron chi connectivity index (χ2n) is 6.35. The third kappa shape index (κ3) is 4.16. The van der Waals surface area contributed by atoms with Gasteiger partial charge in [0.25, 0.3) is 11.5 Å². The van der Waals surface area contributed by atoms with Crippen molar-refractivity contribution in [3.63, 3.8) is 0 Å². The summed E-state index contributed by atoms with van der Waals surface area (Å²) in [7, 11) is 0. The molecule has 0 radical (unpaired) electrons. The minimum Gasteiger partial charge on any atom is -0.493 e. The van der Waals surface area contributed by atoms with E-state index in [1.165, 1.54) is 0 Å². The number of hydrogen-bond donors (Lipinski definition) is 3. The highest BCUT2D eigenvalue weighted by Crippen LogP contribution is 2.18. The molecule has 0 spiro atoms. The van der Waals surface area contributed by atoms with Crippen molar-refractivity contribution in [2.75, 3.05) is 0 Å². The van der Waals surface area contributed by atoms with E-state index in [9.17, 15) is 19.5 Å². The predicted octanol–water partition coefficient (Wildman–Crippen LogP) is 2.08. The molecule has 0 aliphatic rings. The van der Waals surface area contributed by atoms with Gasteiger partial charge in [-0.2, -0.15) is 5.10 Å². The highest BCUT2D eigenvalue weighted by Gasteiger charge is 2.20. The van der Waals surface area contributed by atoms with Crippen LogP contribution in [-0.4, -0.2) is 26.3 Å². The molecule has 1 heterocycles. The van der Waals surface area contributed by atoms with Crippen molar-refractivity contribution in [1.29, 1.82) is 0 Å². The van der Waals surface area contributed by atoms with Crippen LogP contribution in [0.2, 0.25) is 0 Å². The summed E-state index contributed by atoms with van der Waals surface area (Å²) in [6, 6.07) is 15.3.